The molecule has 3 nitrogen and oxygen atoms in total. The zero-order chi connectivity index (χ0) is 17.9. The largest absolute Gasteiger partial charge is 0.396 e. The zero-order valence-electron chi connectivity index (χ0n) is 12.0. The number of nitrogen functional groups attached to an aromatic ring is 1. The van der Waals surface area contributed by atoms with E-state index >= 15 is 0 Å². The molecule has 2 rings (SSSR count). The van der Waals surface area contributed by atoms with Gasteiger partial charge < -0.3 is 5.73 Å². The van der Waals surface area contributed by atoms with Crippen molar-refractivity contribution in [3.8, 4) is 0 Å². The summed E-state index contributed by atoms with van der Waals surface area (Å²) in [6.45, 7) is 3.55. The maximum atomic E-state index is 11.0. The quantitative estimate of drug-likeness (QED) is 0.434. The molecule has 2 N–H and O–H groups in total. The molecule has 0 amide bonds. The molecule has 2 aromatic carbocycles. The summed E-state index contributed by atoms with van der Waals surface area (Å²) in [6.07, 6.45) is 0. The highest BCUT2D eigenvalue weighted by Crippen LogP contribution is 2.33. The van der Waals surface area contributed by atoms with E-state index in [1.54, 1.807) is 19.1 Å². The van der Waals surface area contributed by atoms with Crippen LogP contribution in [0.2, 0.25) is 20.1 Å². The fraction of sp³-hybridized carbons (Fsp3) is 0.143. The second kappa shape index (κ2) is 8.15. The van der Waals surface area contributed by atoms with Gasteiger partial charge in [-0.2, -0.15) is 0 Å². The zero-order valence-corrected chi connectivity index (χ0v) is 16.6. The summed E-state index contributed by atoms with van der Waals surface area (Å²) >= 11 is 22.8. The van der Waals surface area contributed by atoms with Crippen LogP contribution in [0.1, 0.15) is 11.1 Å². The topological polar surface area (TPSA) is 60.2 Å². The van der Waals surface area contributed by atoms with Crippen molar-refractivity contribution in [1.82, 2.24) is 0 Å². The van der Waals surface area contributed by atoms with Crippen LogP contribution >= 0.6 is 57.1 Å². The number of rotatable bonds is 1. The van der Waals surface area contributed by atoms with Gasteiger partial charge in [0.25, 0.3) is 9.05 Å². The molecule has 0 aliphatic carbocycles. The van der Waals surface area contributed by atoms with Crippen molar-refractivity contribution < 1.29 is 8.42 Å². The molecule has 126 valence electrons. The number of nitrogens with two attached hydrogens (primary N) is 1. The van der Waals surface area contributed by atoms with Gasteiger partial charge in [-0.25, -0.2) is 8.42 Å². The molecule has 0 spiro atoms. The number of aryl methyl sites for hydroxylation is 2. The molecular weight excluding hydrogens is 423 g/mol. The molecule has 9 heteroatoms. The van der Waals surface area contributed by atoms with Crippen molar-refractivity contribution in [2.24, 2.45) is 0 Å². The normalized spacial score (nSPS) is 10.9. The van der Waals surface area contributed by atoms with Gasteiger partial charge in [-0.05, 0) is 37.1 Å². The van der Waals surface area contributed by atoms with Gasteiger partial charge in [0.1, 0.15) is 4.90 Å². The molecule has 2 aromatic rings. The maximum Gasteiger partial charge on any atom is 0.264 e. The molecular formula is C14H12Cl5NO2S. The maximum absolute atomic E-state index is 11.0. The Labute approximate surface area is 159 Å². The van der Waals surface area contributed by atoms with Crippen LogP contribution in [0.15, 0.2) is 29.2 Å². The van der Waals surface area contributed by atoms with Gasteiger partial charge in [0.2, 0.25) is 0 Å². The van der Waals surface area contributed by atoms with Crippen LogP contribution in [-0.4, -0.2) is 8.42 Å². The Bertz CT molecular complexity index is 811. The van der Waals surface area contributed by atoms with Crippen molar-refractivity contribution >= 4 is 71.8 Å². The molecule has 0 heterocycles. The second-order valence-electron chi connectivity index (χ2n) is 4.54. The Kier molecular flexibility index (Phi) is 7.33. The fourth-order valence-corrected chi connectivity index (χ4v) is 4.28. The van der Waals surface area contributed by atoms with E-state index in [2.05, 4.69) is 0 Å². The molecule has 0 aliphatic heterocycles. The fourth-order valence-electron chi connectivity index (χ4n) is 1.53. The Morgan fingerprint density at radius 2 is 1.26 bits per heavy atom. The molecule has 0 aromatic heterocycles. The lowest BCUT2D eigenvalue weighted by Crippen LogP contribution is -1.94. The SMILES string of the molecule is Cc1ccc(Cl)c(N)c1Cl.Cc1ccc(Cl)c(S(=O)(=O)Cl)c1Cl. The third-order valence-electron chi connectivity index (χ3n) is 2.81. The highest BCUT2D eigenvalue weighted by molar-refractivity contribution is 8.14. The van der Waals surface area contributed by atoms with Gasteiger partial charge in [0.15, 0.2) is 0 Å². The van der Waals surface area contributed by atoms with E-state index in [0.717, 1.165) is 5.56 Å². The predicted molar refractivity (Wildman–Crippen MR) is 99.8 cm³/mol. The molecule has 0 radical (unpaired) electrons. The molecule has 0 saturated carbocycles. The molecule has 0 aliphatic rings. The van der Waals surface area contributed by atoms with Crippen LogP contribution < -0.4 is 5.73 Å². The monoisotopic (exact) mass is 433 g/mol. The van der Waals surface area contributed by atoms with E-state index in [1.165, 1.54) is 6.07 Å². The summed E-state index contributed by atoms with van der Waals surface area (Å²) in [7, 11) is 1.27. The van der Waals surface area contributed by atoms with Gasteiger partial charge in [0, 0.05) is 10.7 Å². The minimum absolute atomic E-state index is 0.0330. The Balaban J connectivity index is 0.000000238. The van der Waals surface area contributed by atoms with Crippen LogP contribution in [0.5, 0.6) is 0 Å². The minimum Gasteiger partial charge on any atom is -0.396 e. The number of benzene rings is 2. The second-order valence-corrected chi connectivity index (χ2v) is 8.61. The predicted octanol–water partition coefficient (Wildman–Crippen LogP) is 6.11. The van der Waals surface area contributed by atoms with Gasteiger partial charge in [0.05, 0.1) is 25.8 Å². The first-order valence-corrected chi connectivity index (χ1v) is 9.88. The van der Waals surface area contributed by atoms with Crippen LogP contribution in [0.4, 0.5) is 5.69 Å². The van der Waals surface area contributed by atoms with E-state index in [0.29, 0.717) is 21.3 Å². The summed E-state index contributed by atoms with van der Waals surface area (Å²) in [6, 6.07) is 6.63. The first-order chi connectivity index (χ1) is 10.5. The van der Waals surface area contributed by atoms with Gasteiger partial charge in [-0.1, -0.05) is 58.5 Å². The summed E-state index contributed by atoms with van der Waals surface area (Å²) in [5.74, 6) is 0. The first kappa shape index (κ1) is 20.7. The van der Waals surface area contributed by atoms with E-state index in [-0.39, 0.29) is 14.9 Å². The van der Waals surface area contributed by atoms with Gasteiger partial charge in [-0.3, -0.25) is 0 Å². The molecule has 0 atom stereocenters. The van der Waals surface area contributed by atoms with Crippen molar-refractivity contribution in [2.75, 3.05) is 5.73 Å². The van der Waals surface area contributed by atoms with Crippen LogP contribution in [0.25, 0.3) is 0 Å². The van der Waals surface area contributed by atoms with Crippen molar-refractivity contribution in [3.05, 3.63) is 55.5 Å². The van der Waals surface area contributed by atoms with E-state index in [1.807, 2.05) is 13.0 Å². The van der Waals surface area contributed by atoms with Gasteiger partial charge in [-0.15, -0.1) is 0 Å². The van der Waals surface area contributed by atoms with Crippen LogP contribution in [0, 0.1) is 13.8 Å². The Hall–Kier alpha value is -0.360. The lowest BCUT2D eigenvalue weighted by atomic mass is 10.2. The van der Waals surface area contributed by atoms with Crippen molar-refractivity contribution in [3.63, 3.8) is 0 Å². The van der Waals surface area contributed by atoms with E-state index in [4.69, 9.17) is 62.8 Å². The first-order valence-electron chi connectivity index (χ1n) is 6.06. The molecule has 23 heavy (non-hydrogen) atoms. The highest BCUT2D eigenvalue weighted by atomic mass is 35.7. The number of anilines is 1. The third kappa shape index (κ3) is 5.31. The number of halogens is 5. The number of hydrogen-bond donors (Lipinski definition) is 1. The Morgan fingerprint density at radius 1 is 0.826 bits per heavy atom. The minimum atomic E-state index is -3.88. The lowest BCUT2D eigenvalue weighted by molar-refractivity contribution is 0.609. The van der Waals surface area contributed by atoms with Crippen LogP contribution in [-0.2, 0) is 9.05 Å². The van der Waals surface area contributed by atoms with E-state index in [9.17, 15) is 8.42 Å². The Morgan fingerprint density at radius 3 is 1.65 bits per heavy atom. The summed E-state index contributed by atoms with van der Waals surface area (Å²) in [5, 5.41) is 1.16. The summed E-state index contributed by atoms with van der Waals surface area (Å²) in [5.41, 5.74) is 7.54. The standard InChI is InChI=1S/C7H5Cl3O2S.C7H7Cl2N/c1-4-2-3-5(8)7(6(4)9)13(10,11)12;1-4-2-3-5(8)7(10)6(4)9/h2-3H,1H3;2-3H,10H2,1H3. The molecule has 0 unspecified atom stereocenters. The average Bonchev–Trinajstić information content (AvgIpc) is 2.44. The number of hydrogen-bond acceptors (Lipinski definition) is 3. The summed E-state index contributed by atoms with van der Waals surface area (Å²) < 4.78 is 22.0. The van der Waals surface area contributed by atoms with Crippen LogP contribution in [0.3, 0.4) is 0 Å². The van der Waals surface area contributed by atoms with Gasteiger partial charge >= 0.3 is 0 Å². The highest BCUT2D eigenvalue weighted by Gasteiger charge is 2.20. The van der Waals surface area contributed by atoms with Crippen molar-refractivity contribution in [2.45, 2.75) is 18.7 Å². The lowest BCUT2D eigenvalue weighted by Gasteiger charge is -2.04. The molecule has 0 fully saturated rings. The third-order valence-corrected chi connectivity index (χ3v) is 6.04. The smallest absolute Gasteiger partial charge is 0.264 e. The van der Waals surface area contributed by atoms with Crippen molar-refractivity contribution in [1.29, 1.82) is 0 Å². The average molecular weight is 436 g/mol. The summed E-state index contributed by atoms with van der Waals surface area (Å²) in [4.78, 5) is -0.225. The molecule has 0 bridgehead atoms. The van der Waals surface area contributed by atoms with E-state index < -0.39 is 9.05 Å². The molecule has 0 saturated heterocycles.